The zero-order chi connectivity index (χ0) is 16.7. The van der Waals surface area contributed by atoms with E-state index in [0.717, 1.165) is 56.2 Å². The van der Waals surface area contributed by atoms with Crippen molar-refractivity contribution in [2.75, 3.05) is 13.7 Å². The van der Waals surface area contributed by atoms with E-state index < -0.39 is 0 Å². The van der Waals surface area contributed by atoms with Crippen molar-refractivity contribution in [3.05, 3.63) is 35.4 Å². The minimum atomic E-state index is -0.176. The number of ketones is 1. The number of aryl methyl sites for hydroxylation is 1. The van der Waals surface area contributed by atoms with E-state index in [9.17, 15) is 9.59 Å². The summed E-state index contributed by atoms with van der Waals surface area (Å²) < 4.78 is 4.63. The number of carbonyl (C=O) groups is 2. The van der Waals surface area contributed by atoms with Crippen molar-refractivity contribution in [3.63, 3.8) is 0 Å². The number of methoxy groups -OCH3 is 1. The van der Waals surface area contributed by atoms with E-state index in [1.165, 1.54) is 7.11 Å². The standard InChI is InChI=1S/C19H27NO3/c1-23-18(21)4-2-3-14-5-9-16(10-6-14)19(22)17-11-7-15(13-20)8-12-17/h5-6,9-10,15,17H,2-4,7-8,11-13,20H2,1H3/t15-,17-. The summed E-state index contributed by atoms with van der Waals surface area (Å²) in [4.78, 5) is 23.6. The van der Waals surface area contributed by atoms with Gasteiger partial charge in [-0.15, -0.1) is 0 Å². The van der Waals surface area contributed by atoms with Crippen LogP contribution in [0.25, 0.3) is 0 Å². The normalized spacial score (nSPS) is 21.0. The van der Waals surface area contributed by atoms with Crippen molar-refractivity contribution in [2.24, 2.45) is 17.6 Å². The van der Waals surface area contributed by atoms with Crippen molar-refractivity contribution in [1.82, 2.24) is 0 Å². The summed E-state index contributed by atoms with van der Waals surface area (Å²) in [5, 5.41) is 0. The average Bonchev–Trinajstić information content (AvgIpc) is 2.61. The molecule has 0 aromatic heterocycles. The predicted molar refractivity (Wildman–Crippen MR) is 90.2 cm³/mol. The Balaban J connectivity index is 1.84. The molecule has 4 heteroatoms. The highest BCUT2D eigenvalue weighted by molar-refractivity contribution is 5.97. The number of ether oxygens (including phenoxy) is 1. The summed E-state index contributed by atoms with van der Waals surface area (Å²) in [6.45, 7) is 0.737. The van der Waals surface area contributed by atoms with E-state index in [2.05, 4.69) is 4.74 Å². The van der Waals surface area contributed by atoms with E-state index in [4.69, 9.17) is 5.73 Å². The number of hydrogen-bond donors (Lipinski definition) is 1. The Kier molecular flexibility index (Phi) is 6.78. The molecule has 0 bridgehead atoms. The summed E-state index contributed by atoms with van der Waals surface area (Å²) in [5.41, 5.74) is 7.66. The number of hydrogen-bond acceptors (Lipinski definition) is 4. The molecule has 0 aliphatic heterocycles. The molecule has 23 heavy (non-hydrogen) atoms. The first-order valence-electron chi connectivity index (χ1n) is 8.54. The lowest BCUT2D eigenvalue weighted by Crippen LogP contribution is -2.25. The Bertz CT molecular complexity index is 516. The molecule has 1 aromatic carbocycles. The van der Waals surface area contributed by atoms with Crippen LogP contribution in [0.2, 0.25) is 0 Å². The molecule has 1 saturated carbocycles. The topological polar surface area (TPSA) is 69.4 Å². The molecule has 126 valence electrons. The quantitative estimate of drug-likeness (QED) is 0.619. The van der Waals surface area contributed by atoms with Crippen molar-refractivity contribution in [2.45, 2.75) is 44.9 Å². The molecule has 1 aromatic rings. The summed E-state index contributed by atoms with van der Waals surface area (Å²) in [6, 6.07) is 7.84. The van der Waals surface area contributed by atoms with E-state index in [1.54, 1.807) is 0 Å². The lowest BCUT2D eigenvalue weighted by molar-refractivity contribution is -0.140. The average molecular weight is 317 g/mol. The Morgan fingerprint density at radius 3 is 2.35 bits per heavy atom. The number of carbonyl (C=O) groups excluding carboxylic acids is 2. The van der Waals surface area contributed by atoms with Gasteiger partial charge in [0.25, 0.3) is 0 Å². The molecule has 2 N–H and O–H groups in total. The third-order valence-electron chi connectivity index (χ3n) is 4.86. The van der Waals surface area contributed by atoms with E-state index in [-0.39, 0.29) is 17.7 Å². The largest absolute Gasteiger partial charge is 0.469 e. The highest BCUT2D eigenvalue weighted by Gasteiger charge is 2.26. The van der Waals surface area contributed by atoms with Crippen molar-refractivity contribution >= 4 is 11.8 Å². The van der Waals surface area contributed by atoms with Gasteiger partial charge in [-0.2, -0.15) is 0 Å². The molecule has 0 unspecified atom stereocenters. The molecule has 0 radical (unpaired) electrons. The smallest absolute Gasteiger partial charge is 0.305 e. The van der Waals surface area contributed by atoms with Crippen LogP contribution in [-0.2, 0) is 16.0 Å². The number of Topliss-reactive ketones (excluding diaryl/α,β-unsaturated/α-hetero) is 1. The van der Waals surface area contributed by atoms with E-state index >= 15 is 0 Å². The minimum absolute atomic E-state index is 0.156. The molecule has 1 aliphatic carbocycles. The second-order valence-corrected chi connectivity index (χ2v) is 6.44. The molecule has 4 nitrogen and oxygen atoms in total. The van der Waals surface area contributed by atoms with Gasteiger partial charge in [0, 0.05) is 17.9 Å². The number of benzene rings is 1. The Hall–Kier alpha value is -1.68. The number of nitrogens with two attached hydrogens (primary N) is 1. The molecule has 0 heterocycles. The van der Waals surface area contributed by atoms with E-state index in [1.807, 2.05) is 24.3 Å². The summed E-state index contributed by atoms with van der Waals surface area (Å²) in [5.74, 6) is 0.839. The van der Waals surface area contributed by atoms with Crippen LogP contribution in [0, 0.1) is 11.8 Å². The lowest BCUT2D eigenvalue weighted by Gasteiger charge is -2.26. The van der Waals surface area contributed by atoms with Crippen molar-refractivity contribution < 1.29 is 14.3 Å². The van der Waals surface area contributed by atoms with Crippen LogP contribution in [0.1, 0.15) is 54.4 Å². The zero-order valence-electron chi connectivity index (χ0n) is 13.9. The second-order valence-electron chi connectivity index (χ2n) is 6.44. The molecule has 0 saturated heterocycles. The molecule has 0 atom stereocenters. The fraction of sp³-hybridized carbons (Fsp3) is 0.579. The van der Waals surface area contributed by atoms with Crippen LogP contribution >= 0.6 is 0 Å². The maximum Gasteiger partial charge on any atom is 0.305 e. The van der Waals surface area contributed by atoms with Crippen LogP contribution in [0.4, 0.5) is 0 Å². The Morgan fingerprint density at radius 1 is 1.13 bits per heavy atom. The van der Waals surface area contributed by atoms with Crippen LogP contribution in [0.3, 0.4) is 0 Å². The summed E-state index contributed by atoms with van der Waals surface area (Å²) in [7, 11) is 1.41. The van der Waals surface area contributed by atoms with Gasteiger partial charge in [-0.1, -0.05) is 24.3 Å². The fourth-order valence-electron chi connectivity index (χ4n) is 3.27. The van der Waals surface area contributed by atoms with Gasteiger partial charge in [0.2, 0.25) is 0 Å². The minimum Gasteiger partial charge on any atom is -0.469 e. The molecule has 0 amide bonds. The number of rotatable bonds is 7. The maximum atomic E-state index is 12.6. The fourth-order valence-corrected chi connectivity index (χ4v) is 3.27. The zero-order valence-corrected chi connectivity index (χ0v) is 13.9. The first-order valence-corrected chi connectivity index (χ1v) is 8.54. The molecular formula is C19H27NO3. The van der Waals surface area contributed by atoms with Gasteiger partial charge in [0.1, 0.15) is 0 Å². The van der Waals surface area contributed by atoms with Crippen LogP contribution in [0.5, 0.6) is 0 Å². The molecule has 0 spiro atoms. The highest BCUT2D eigenvalue weighted by atomic mass is 16.5. The van der Waals surface area contributed by atoms with Crippen molar-refractivity contribution in [1.29, 1.82) is 0 Å². The number of esters is 1. The summed E-state index contributed by atoms with van der Waals surface area (Å²) in [6.07, 6.45) is 6.08. The van der Waals surface area contributed by atoms with Gasteiger partial charge in [-0.05, 0) is 56.6 Å². The first-order chi connectivity index (χ1) is 11.1. The lowest BCUT2D eigenvalue weighted by atomic mass is 9.78. The van der Waals surface area contributed by atoms with Crippen LogP contribution in [-0.4, -0.2) is 25.4 Å². The third-order valence-corrected chi connectivity index (χ3v) is 4.86. The van der Waals surface area contributed by atoms with Gasteiger partial charge in [-0.3, -0.25) is 9.59 Å². The monoisotopic (exact) mass is 317 g/mol. The van der Waals surface area contributed by atoms with Crippen LogP contribution < -0.4 is 5.73 Å². The molecule has 1 aliphatic rings. The maximum absolute atomic E-state index is 12.6. The molecule has 1 fully saturated rings. The van der Waals surface area contributed by atoms with Gasteiger partial charge in [0.15, 0.2) is 5.78 Å². The third kappa shape index (κ3) is 5.17. The second kappa shape index (κ2) is 8.82. The van der Waals surface area contributed by atoms with Crippen molar-refractivity contribution in [3.8, 4) is 0 Å². The van der Waals surface area contributed by atoms with Crippen LogP contribution in [0.15, 0.2) is 24.3 Å². The Labute approximate surface area is 138 Å². The van der Waals surface area contributed by atoms with E-state index in [0.29, 0.717) is 12.3 Å². The van der Waals surface area contributed by atoms with Gasteiger partial charge >= 0.3 is 5.97 Å². The van der Waals surface area contributed by atoms with Gasteiger partial charge in [-0.25, -0.2) is 0 Å². The molecule has 2 rings (SSSR count). The first kappa shape index (κ1) is 17.7. The Morgan fingerprint density at radius 2 is 1.78 bits per heavy atom. The molecular weight excluding hydrogens is 290 g/mol. The van der Waals surface area contributed by atoms with Gasteiger partial charge in [0.05, 0.1) is 7.11 Å². The highest BCUT2D eigenvalue weighted by Crippen LogP contribution is 2.30. The van der Waals surface area contributed by atoms with Gasteiger partial charge < -0.3 is 10.5 Å². The summed E-state index contributed by atoms with van der Waals surface area (Å²) >= 11 is 0. The predicted octanol–water partition coefficient (Wildman–Crippen LogP) is 3.13. The SMILES string of the molecule is COC(=O)CCCc1ccc(C(=O)[C@H]2CC[C@H](CN)CC2)cc1.